The maximum absolute atomic E-state index is 13.8. The number of carbonyl (C=O) groups excluding carboxylic acids is 2. The summed E-state index contributed by atoms with van der Waals surface area (Å²) in [5.41, 5.74) is 0.826. The number of halogens is 3. The SMILES string of the molecule is Cc1ccc(-n2ncc(C(=O)NCc3cccc(N4CCCCC4=O)c3)c2C(F)(F)F)cc1. The van der Waals surface area contributed by atoms with Crippen LogP contribution in [0.1, 0.15) is 46.4 Å². The second kappa shape index (κ2) is 9.09. The summed E-state index contributed by atoms with van der Waals surface area (Å²) < 4.78 is 42.3. The molecule has 0 saturated carbocycles. The maximum Gasteiger partial charge on any atom is 0.434 e. The van der Waals surface area contributed by atoms with E-state index in [0.29, 0.717) is 18.5 Å². The molecule has 1 saturated heterocycles. The number of hydrogen-bond donors (Lipinski definition) is 1. The minimum atomic E-state index is -4.78. The third-order valence-electron chi connectivity index (χ3n) is 5.56. The molecule has 0 radical (unpaired) electrons. The second-order valence-electron chi connectivity index (χ2n) is 8.01. The fourth-order valence-electron chi connectivity index (χ4n) is 3.86. The number of anilines is 1. The summed E-state index contributed by atoms with van der Waals surface area (Å²) in [6.45, 7) is 2.47. The predicted molar refractivity (Wildman–Crippen MR) is 117 cm³/mol. The summed E-state index contributed by atoms with van der Waals surface area (Å²) >= 11 is 0. The van der Waals surface area contributed by atoms with Gasteiger partial charge in [0.25, 0.3) is 5.91 Å². The Morgan fingerprint density at radius 2 is 1.85 bits per heavy atom. The number of carbonyl (C=O) groups is 2. The van der Waals surface area contributed by atoms with Crippen molar-refractivity contribution in [2.45, 2.75) is 38.9 Å². The molecule has 0 bridgehead atoms. The summed E-state index contributed by atoms with van der Waals surface area (Å²) in [6.07, 6.45) is -1.57. The van der Waals surface area contributed by atoms with Crippen LogP contribution >= 0.6 is 0 Å². The van der Waals surface area contributed by atoms with E-state index in [0.717, 1.165) is 35.0 Å². The lowest BCUT2D eigenvalue weighted by Gasteiger charge is -2.27. The molecule has 0 aliphatic carbocycles. The van der Waals surface area contributed by atoms with Crippen LogP contribution in [0.25, 0.3) is 5.69 Å². The highest BCUT2D eigenvalue weighted by Crippen LogP contribution is 2.33. The van der Waals surface area contributed by atoms with Crippen molar-refractivity contribution in [2.24, 2.45) is 0 Å². The molecule has 33 heavy (non-hydrogen) atoms. The van der Waals surface area contributed by atoms with Crippen LogP contribution in [-0.4, -0.2) is 28.1 Å². The van der Waals surface area contributed by atoms with Gasteiger partial charge in [-0.15, -0.1) is 0 Å². The van der Waals surface area contributed by atoms with Gasteiger partial charge in [0.05, 0.1) is 17.4 Å². The van der Waals surface area contributed by atoms with Gasteiger partial charge in [-0.05, 0) is 49.6 Å². The van der Waals surface area contributed by atoms with Crippen LogP contribution in [0.15, 0.2) is 54.7 Å². The van der Waals surface area contributed by atoms with Gasteiger partial charge < -0.3 is 10.2 Å². The first kappa shape index (κ1) is 22.6. The summed E-state index contributed by atoms with van der Waals surface area (Å²) in [5, 5.41) is 6.38. The van der Waals surface area contributed by atoms with Crippen molar-refractivity contribution in [3.8, 4) is 5.69 Å². The molecule has 6 nitrogen and oxygen atoms in total. The Hall–Kier alpha value is -3.62. The summed E-state index contributed by atoms with van der Waals surface area (Å²) in [5.74, 6) is -0.832. The van der Waals surface area contributed by atoms with Gasteiger partial charge in [0.15, 0.2) is 5.69 Å². The number of aryl methyl sites for hydroxylation is 1. The number of benzene rings is 2. The van der Waals surface area contributed by atoms with Crippen LogP contribution in [0.3, 0.4) is 0 Å². The van der Waals surface area contributed by atoms with Crippen LogP contribution in [0.4, 0.5) is 18.9 Å². The first-order valence-electron chi connectivity index (χ1n) is 10.6. The second-order valence-corrected chi connectivity index (χ2v) is 8.01. The van der Waals surface area contributed by atoms with E-state index in [4.69, 9.17) is 0 Å². The first-order valence-corrected chi connectivity index (χ1v) is 10.6. The number of hydrogen-bond acceptors (Lipinski definition) is 3. The van der Waals surface area contributed by atoms with Crippen molar-refractivity contribution >= 4 is 17.5 Å². The summed E-state index contributed by atoms with van der Waals surface area (Å²) in [7, 11) is 0. The molecule has 1 N–H and O–H groups in total. The van der Waals surface area contributed by atoms with Gasteiger partial charge in [0.1, 0.15) is 0 Å². The molecule has 4 rings (SSSR count). The van der Waals surface area contributed by atoms with Gasteiger partial charge in [-0.2, -0.15) is 18.3 Å². The average molecular weight is 456 g/mol. The van der Waals surface area contributed by atoms with Crippen LogP contribution in [0.5, 0.6) is 0 Å². The van der Waals surface area contributed by atoms with Crippen molar-refractivity contribution in [1.82, 2.24) is 15.1 Å². The quantitative estimate of drug-likeness (QED) is 0.608. The van der Waals surface area contributed by atoms with E-state index in [1.807, 2.05) is 13.0 Å². The fourth-order valence-corrected chi connectivity index (χ4v) is 3.86. The van der Waals surface area contributed by atoms with Crippen LogP contribution in [-0.2, 0) is 17.5 Å². The van der Waals surface area contributed by atoms with Gasteiger partial charge in [-0.25, -0.2) is 4.68 Å². The Morgan fingerprint density at radius 1 is 1.09 bits per heavy atom. The third kappa shape index (κ3) is 4.92. The Balaban J connectivity index is 1.54. The molecule has 0 atom stereocenters. The average Bonchev–Trinajstić information content (AvgIpc) is 3.24. The molecule has 3 aromatic rings. The molecule has 1 aliphatic heterocycles. The van der Waals surface area contributed by atoms with Gasteiger partial charge in [-0.1, -0.05) is 29.8 Å². The van der Waals surface area contributed by atoms with Gasteiger partial charge >= 0.3 is 6.18 Å². The molecule has 9 heteroatoms. The number of amides is 2. The molecule has 172 valence electrons. The maximum atomic E-state index is 13.8. The Kier molecular flexibility index (Phi) is 6.22. The predicted octanol–water partition coefficient (Wildman–Crippen LogP) is 4.65. The van der Waals surface area contributed by atoms with Crippen molar-refractivity contribution < 1.29 is 22.8 Å². The lowest BCUT2D eigenvalue weighted by molar-refractivity contribution is -0.143. The summed E-state index contributed by atoms with van der Waals surface area (Å²) in [6, 6.07) is 13.5. The van der Waals surface area contributed by atoms with E-state index in [2.05, 4.69) is 10.4 Å². The smallest absolute Gasteiger partial charge is 0.348 e. The molecule has 0 unspecified atom stereocenters. The van der Waals surface area contributed by atoms with E-state index in [1.54, 1.807) is 35.2 Å². The van der Waals surface area contributed by atoms with E-state index in [9.17, 15) is 22.8 Å². The largest absolute Gasteiger partial charge is 0.434 e. The highest BCUT2D eigenvalue weighted by Gasteiger charge is 2.40. The van der Waals surface area contributed by atoms with E-state index < -0.39 is 23.3 Å². The Morgan fingerprint density at radius 3 is 2.55 bits per heavy atom. The lowest BCUT2D eigenvalue weighted by Crippen LogP contribution is -2.35. The number of nitrogens with one attached hydrogen (secondary N) is 1. The molecule has 2 aromatic carbocycles. The van der Waals surface area contributed by atoms with Crippen molar-refractivity contribution in [1.29, 1.82) is 0 Å². The van der Waals surface area contributed by atoms with Gasteiger partial charge in [0.2, 0.25) is 5.91 Å². The van der Waals surface area contributed by atoms with Crippen LogP contribution in [0.2, 0.25) is 0 Å². The van der Waals surface area contributed by atoms with Crippen molar-refractivity contribution in [3.05, 3.63) is 77.1 Å². The molecular weight excluding hydrogens is 433 g/mol. The fraction of sp³-hybridized carbons (Fsp3) is 0.292. The zero-order valence-electron chi connectivity index (χ0n) is 18.0. The highest BCUT2D eigenvalue weighted by molar-refractivity contribution is 5.96. The molecule has 2 amide bonds. The van der Waals surface area contributed by atoms with E-state index >= 15 is 0 Å². The zero-order valence-corrected chi connectivity index (χ0v) is 18.0. The lowest BCUT2D eigenvalue weighted by atomic mass is 10.1. The summed E-state index contributed by atoms with van der Waals surface area (Å²) in [4.78, 5) is 26.6. The Bertz CT molecular complexity index is 1170. The number of aromatic nitrogens is 2. The van der Waals surface area contributed by atoms with Gasteiger partial charge in [-0.3, -0.25) is 9.59 Å². The molecule has 1 aromatic heterocycles. The van der Waals surface area contributed by atoms with Crippen LogP contribution in [0, 0.1) is 6.92 Å². The van der Waals surface area contributed by atoms with Crippen molar-refractivity contribution in [3.63, 3.8) is 0 Å². The molecule has 1 aliphatic rings. The number of alkyl halides is 3. The number of nitrogens with zero attached hydrogens (tertiary/aromatic N) is 3. The number of piperidine rings is 1. The van der Waals surface area contributed by atoms with E-state index in [1.165, 1.54) is 12.1 Å². The first-order chi connectivity index (χ1) is 15.7. The third-order valence-corrected chi connectivity index (χ3v) is 5.56. The van der Waals surface area contributed by atoms with Crippen LogP contribution < -0.4 is 10.2 Å². The topological polar surface area (TPSA) is 67.2 Å². The minimum Gasteiger partial charge on any atom is -0.348 e. The molecular formula is C24H23F3N4O2. The van der Waals surface area contributed by atoms with Gasteiger partial charge in [0, 0.05) is 25.2 Å². The van der Waals surface area contributed by atoms with E-state index in [-0.39, 0.29) is 18.1 Å². The molecule has 0 spiro atoms. The standard InChI is InChI=1S/C24H23F3N4O2/c1-16-8-10-18(11-9-16)31-22(24(25,26)27)20(15-29-31)23(33)28-14-17-5-4-6-19(13-17)30-12-3-2-7-21(30)32/h4-6,8-11,13,15H,2-3,7,12,14H2,1H3,(H,28,33). The zero-order chi connectivity index (χ0) is 23.6. The molecule has 1 fully saturated rings. The minimum absolute atomic E-state index is 0.0156. The number of rotatable bonds is 5. The highest BCUT2D eigenvalue weighted by atomic mass is 19.4. The monoisotopic (exact) mass is 456 g/mol. The normalized spacial score (nSPS) is 14.4. The van der Waals surface area contributed by atoms with Crippen molar-refractivity contribution in [2.75, 3.05) is 11.4 Å². The molecule has 2 heterocycles. The Labute approximate surface area is 189 Å².